The minimum atomic E-state index is -2.12. The topological polar surface area (TPSA) is 49.7 Å². The average molecular weight is 305 g/mol. The van der Waals surface area contributed by atoms with Crippen molar-refractivity contribution in [2.45, 2.75) is 38.9 Å². The van der Waals surface area contributed by atoms with Crippen molar-refractivity contribution in [3.8, 4) is 5.75 Å². The predicted molar refractivity (Wildman–Crippen MR) is 79.1 cm³/mol. The van der Waals surface area contributed by atoms with Gasteiger partial charge in [0.15, 0.2) is 0 Å². The summed E-state index contributed by atoms with van der Waals surface area (Å²) in [5.74, 6) is -0.472. The van der Waals surface area contributed by atoms with Crippen LogP contribution < -0.4 is 9.89 Å². The van der Waals surface area contributed by atoms with Crippen LogP contribution in [-0.4, -0.2) is 25.5 Å². The zero-order valence-electron chi connectivity index (χ0n) is 11.8. The molecular formula is C12H19BClFO3Si. The molecule has 2 N–H and O–H groups in total. The van der Waals surface area contributed by atoms with Crippen LogP contribution >= 0.6 is 11.6 Å². The van der Waals surface area contributed by atoms with Crippen LogP contribution in [0, 0.1) is 5.82 Å². The quantitative estimate of drug-likeness (QED) is 0.844. The van der Waals surface area contributed by atoms with E-state index in [0.717, 1.165) is 6.07 Å². The van der Waals surface area contributed by atoms with Crippen LogP contribution in [0.5, 0.6) is 5.75 Å². The highest BCUT2D eigenvalue weighted by Crippen LogP contribution is 2.38. The van der Waals surface area contributed by atoms with E-state index in [1.807, 2.05) is 13.1 Å². The van der Waals surface area contributed by atoms with Gasteiger partial charge in [0.05, 0.1) is 5.02 Å². The van der Waals surface area contributed by atoms with E-state index in [1.54, 1.807) is 0 Å². The van der Waals surface area contributed by atoms with Gasteiger partial charge in [0.25, 0.3) is 8.32 Å². The van der Waals surface area contributed by atoms with Gasteiger partial charge in [0.2, 0.25) is 0 Å². The normalized spacial score (nSPS) is 12.5. The van der Waals surface area contributed by atoms with Crippen LogP contribution in [0.15, 0.2) is 12.1 Å². The first-order valence-electron chi connectivity index (χ1n) is 6.00. The molecule has 1 aromatic rings. The summed E-state index contributed by atoms with van der Waals surface area (Å²) in [5.41, 5.74) is -0.349. The first-order valence-corrected chi connectivity index (χ1v) is 9.29. The van der Waals surface area contributed by atoms with Crippen molar-refractivity contribution in [1.29, 1.82) is 0 Å². The first kappa shape index (κ1) is 16.5. The smallest absolute Gasteiger partial charge is 0.493 e. The van der Waals surface area contributed by atoms with Crippen LogP contribution in [0.4, 0.5) is 4.39 Å². The molecule has 0 spiro atoms. The molecule has 0 aliphatic heterocycles. The third kappa shape index (κ3) is 3.51. The van der Waals surface area contributed by atoms with Crippen molar-refractivity contribution in [3.05, 3.63) is 23.0 Å². The minimum Gasteiger partial charge on any atom is -0.543 e. The summed E-state index contributed by atoms with van der Waals surface area (Å²) >= 11 is 6.00. The SMILES string of the molecule is CC(C)(C)[Si](C)(C)Oc1ccc(F)c(B(O)O)c1Cl. The summed E-state index contributed by atoms with van der Waals surface area (Å²) in [6.07, 6.45) is 0. The lowest BCUT2D eigenvalue weighted by atomic mass is 9.79. The summed E-state index contributed by atoms with van der Waals surface area (Å²) in [5, 5.41) is 18.2. The van der Waals surface area contributed by atoms with Crippen LogP contribution in [0.2, 0.25) is 23.2 Å². The highest BCUT2D eigenvalue weighted by Gasteiger charge is 2.39. The Morgan fingerprint density at radius 2 is 1.79 bits per heavy atom. The molecule has 0 unspecified atom stereocenters. The maximum absolute atomic E-state index is 13.5. The molecule has 3 nitrogen and oxygen atoms in total. The summed E-state index contributed by atoms with van der Waals surface area (Å²) < 4.78 is 19.5. The van der Waals surface area contributed by atoms with E-state index in [9.17, 15) is 4.39 Å². The minimum absolute atomic E-state index is 0.0390. The van der Waals surface area contributed by atoms with Crippen molar-refractivity contribution in [1.82, 2.24) is 0 Å². The average Bonchev–Trinajstić information content (AvgIpc) is 2.20. The van der Waals surface area contributed by atoms with Crippen LogP contribution in [0.3, 0.4) is 0 Å². The summed E-state index contributed by atoms with van der Waals surface area (Å²) in [6, 6.07) is 2.55. The maximum atomic E-state index is 13.5. The number of rotatable bonds is 3. The fraction of sp³-hybridized carbons (Fsp3) is 0.500. The van der Waals surface area contributed by atoms with E-state index in [4.69, 9.17) is 26.1 Å². The van der Waals surface area contributed by atoms with E-state index in [2.05, 4.69) is 20.8 Å². The fourth-order valence-corrected chi connectivity index (χ4v) is 2.67. The van der Waals surface area contributed by atoms with Gasteiger partial charge in [-0.25, -0.2) is 4.39 Å². The molecule has 0 heterocycles. The van der Waals surface area contributed by atoms with Crippen molar-refractivity contribution < 1.29 is 18.9 Å². The molecule has 0 amide bonds. The lowest BCUT2D eigenvalue weighted by Gasteiger charge is -2.36. The van der Waals surface area contributed by atoms with Crippen LogP contribution in [-0.2, 0) is 0 Å². The Morgan fingerprint density at radius 3 is 2.21 bits per heavy atom. The Morgan fingerprint density at radius 1 is 1.26 bits per heavy atom. The van der Waals surface area contributed by atoms with E-state index < -0.39 is 21.3 Å². The fourth-order valence-electron chi connectivity index (χ4n) is 1.29. The van der Waals surface area contributed by atoms with Gasteiger partial charge in [-0.05, 0) is 30.3 Å². The first-order chi connectivity index (χ1) is 8.47. The number of hydrogen-bond acceptors (Lipinski definition) is 3. The molecule has 0 saturated carbocycles. The highest BCUT2D eigenvalue weighted by molar-refractivity contribution is 6.75. The Bertz CT molecular complexity index is 475. The third-order valence-corrected chi connectivity index (χ3v) is 8.25. The van der Waals surface area contributed by atoms with Gasteiger partial charge in [-0.1, -0.05) is 32.4 Å². The zero-order valence-corrected chi connectivity index (χ0v) is 13.5. The number of halogens is 2. The second-order valence-corrected chi connectivity index (χ2v) is 11.1. The second-order valence-electron chi connectivity index (χ2n) is 6.01. The van der Waals surface area contributed by atoms with Gasteiger partial charge < -0.3 is 14.5 Å². The van der Waals surface area contributed by atoms with Crippen molar-refractivity contribution in [2.75, 3.05) is 0 Å². The predicted octanol–water partition coefficient (Wildman–Crippen LogP) is 2.54. The van der Waals surface area contributed by atoms with Gasteiger partial charge >= 0.3 is 7.12 Å². The lowest BCUT2D eigenvalue weighted by Crippen LogP contribution is -2.44. The second kappa shape index (κ2) is 5.44. The molecule has 0 atom stereocenters. The molecule has 0 aliphatic rings. The van der Waals surface area contributed by atoms with E-state index in [-0.39, 0.29) is 21.3 Å². The van der Waals surface area contributed by atoms with Crippen molar-refractivity contribution >= 4 is 32.5 Å². The zero-order chi connectivity index (χ0) is 15.0. The molecule has 7 heteroatoms. The molecule has 19 heavy (non-hydrogen) atoms. The van der Waals surface area contributed by atoms with Crippen molar-refractivity contribution in [2.24, 2.45) is 0 Å². The van der Waals surface area contributed by atoms with Gasteiger partial charge in [0.1, 0.15) is 11.6 Å². The lowest BCUT2D eigenvalue weighted by molar-refractivity contribution is 0.422. The third-order valence-electron chi connectivity index (χ3n) is 3.52. The molecule has 0 saturated heterocycles. The molecular weight excluding hydrogens is 285 g/mol. The molecule has 0 fully saturated rings. The van der Waals surface area contributed by atoms with Crippen molar-refractivity contribution in [3.63, 3.8) is 0 Å². The summed E-state index contributed by atoms with van der Waals surface area (Å²) in [7, 11) is -4.08. The Kier molecular flexibility index (Phi) is 4.72. The van der Waals surface area contributed by atoms with E-state index >= 15 is 0 Å². The van der Waals surface area contributed by atoms with Gasteiger partial charge in [0, 0.05) is 5.46 Å². The van der Waals surface area contributed by atoms with E-state index in [0.29, 0.717) is 0 Å². The van der Waals surface area contributed by atoms with Gasteiger partial charge in [-0.2, -0.15) is 0 Å². The molecule has 1 aromatic carbocycles. The highest BCUT2D eigenvalue weighted by atomic mass is 35.5. The molecule has 0 bridgehead atoms. The largest absolute Gasteiger partial charge is 0.543 e. The van der Waals surface area contributed by atoms with Crippen LogP contribution in [0.1, 0.15) is 20.8 Å². The van der Waals surface area contributed by atoms with Gasteiger partial charge in [-0.3, -0.25) is 0 Å². The summed E-state index contributed by atoms with van der Waals surface area (Å²) in [6.45, 7) is 10.3. The summed E-state index contributed by atoms with van der Waals surface area (Å²) in [4.78, 5) is 0. The Labute approximate surface area is 119 Å². The monoisotopic (exact) mass is 304 g/mol. The number of hydrogen-bond donors (Lipinski definition) is 2. The van der Waals surface area contributed by atoms with E-state index in [1.165, 1.54) is 6.07 Å². The van der Waals surface area contributed by atoms with Gasteiger partial charge in [-0.15, -0.1) is 0 Å². The molecule has 1 rings (SSSR count). The van der Waals surface area contributed by atoms with Crippen LogP contribution in [0.25, 0.3) is 0 Å². The standard InChI is InChI=1S/C12H19BClFO3Si/c1-12(2,3)19(4,5)18-9-7-6-8(15)10(11(9)14)13(16)17/h6-7,16-17H,1-5H3. The Hall–Kier alpha value is -0.558. The Balaban J connectivity index is 3.21. The number of benzene rings is 1. The maximum Gasteiger partial charge on any atom is 0.493 e. The molecule has 0 aliphatic carbocycles. The molecule has 0 radical (unpaired) electrons. The molecule has 106 valence electrons. The molecule has 0 aromatic heterocycles.